The van der Waals surface area contributed by atoms with Gasteiger partial charge in [0.2, 0.25) is 5.91 Å². The molecule has 128 valence electrons. The molecule has 0 unspecified atom stereocenters. The van der Waals surface area contributed by atoms with E-state index in [1.165, 1.54) is 24.3 Å². The number of nitrogens with one attached hydrogen (secondary N) is 1. The maximum absolute atomic E-state index is 12.9. The monoisotopic (exact) mass is 394 g/mol. The zero-order valence-corrected chi connectivity index (χ0v) is 15.4. The van der Waals surface area contributed by atoms with Crippen molar-refractivity contribution in [3.05, 3.63) is 58.3 Å². The van der Waals surface area contributed by atoms with E-state index in [-0.39, 0.29) is 17.8 Å². The summed E-state index contributed by atoms with van der Waals surface area (Å²) in [6.07, 6.45) is 0. The molecule has 4 nitrogen and oxygen atoms in total. The second-order valence-corrected chi connectivity index (χ2v) is 6.46. The molecule has 0 saturated carbocycles. The highest BCUT2D eigenvalue weighted by Gasteiger charge is 2.19. The number of methoxy groups -OCH3 is 1. The summed E-state index contributed by atoms with van der Waals surface area (Å²) in [4.78, 5) is 14.3. The summed E-state index contributed by atoms with van der Waals surface area (Å²) in [6, 6.07) is 11.1. The Morgan fingerprint density at radius 3 is 2.58 bits per heavy atom. The number of benzene rings is 2. The van der Waals surface area contributed by atoms with E-state index in [1.54, 1.807) is 7.11 Å². The van der Waals surface area contributed by atoms with Gasteiger partial charge in [-0.1, -0.05) is 15.9 Å². The van der Waals surface area contributed by atoms with E-state index in [2.05, 4.69) is 21.2 Å². The highest BCUT2D eigenvalue weighted by atomic mass is 79.9. The standard InChI is InChI=1S/C18H20BrFN2O2/c1-12(18(23)21-16-7-5-15(20)6-8-16)22(2)11-13-10-14(19)4-9-17(13)24-3/h4-10,12H,11H2,1-3H3,(H,21,23)/t12-/m0/s1. The topological polar surface area (TPSA) is 41.6 Å². The zero-order valence-electron chi connectivity index (χ0n) is 13.8. The number of likely N-dealkylation sites (N-methyl/N-ethyl adjacent to an activating group) is 1. The van der Waals surface area contributed by atoms with Gasteiger partial charge in [0, 0.05) is 22.3 Å². The molecule has 1 N–H and O–H groups in total. The first kappa shape index (κ1) is 18.4. The van der Waals surface area contributed by atoms with Gasteiger partial charge in [0.15, 0.2) is 0 Å². The van der Waals surface area contributed by atoms with Gasteiger partial charge in [0.25, 0.3) is 0 Å². The fourth-order valence-corrected chi connectivity index (χ4v) is 2.66. The average Bonchev–Trinajstić information content (AvgIpc) is 2.56. The molecule has 2 aromatic rings. The van der Waals surface area contributed by atoms with Crippen LogP contribution in [0.4, 0.5) is 10.1 Å². The molecule has 0 fully saturated rings. The van der Waals surface area contributed by atoms with Crippen LogP contribution < -0.4 is 10.1 Å². The first-order chi connectivity index (χ1) is 11.4. The van der Waals surface area contributed by atoms with E-state index >= 15 is 0 Å². The Bertz CT molecular complexity index is 707. The Hall–Kier alpha value is -1.92. The van der Waals surface area contributed by atoms with Gasteiger partial charge in [-0.25, -0.2) is 4.39 Å². The van der Waals surface area contributed by atoms with Crippen molar-refractivity contribution in [2.24, 2.45) is 0 Å². The van der Waals surface area contributed by atoms with Crippen LogP contribution in [-0.4, -0.2) is 31.0 Å². The van der Waals surface area contributed by atoms with E-state index in [0.717, 1.165) is 15.8 Å². The summed E-state index contributed by atoms with van der Waals surface area (Å²) >= 11 is 3.45. The number of amides is 1. The Kier molecular flexibility index (Phi) is 6.34. The average molecular weight is 395 g/mol. The lowest BCUT2D eigenvalue weighted by Crippen LogP contribution is -2.39. The molecule has 24 heavy (non-hydrogen) atoms. The van der Waals surface area contributed by atoms with Gasteiger partial charge in [0.05, 0.1) is 13.2 Å². The largest absolute Gasteiger partial charge is 0.496 e. The molecule has 0 aromatic heterocycles. The molecule has 0 spiro atoms. The number of halogens is 2. The predicted octanol–water partition coefficient (Wildman–Crippen LogP) is 4.06. The van der Waals surface area contributed by atoms with Crippen molar-refractivity contribution < 1.29 is 13.9 Å². The fraction of sp³-hybridized carbons (Fsp3) is 0.278. The number of anilines is 1. The molecule has 6 heteroatoms. The normalized spacial score (nSPS) is 12.1. The van der Waals surface area contributed by atoms with Gasteiger partial charge in [-0.15, -0.1) is 0 Å². The Morgan fingerprint density at radius 1 is 1.29 bits per heavy atom. The number of ether oxygens (including phenoxy) is 1. The van der Waals surface area contributed by atoms with Crippen molar-refractivity contribution in [1.29, 1.82) is 0 Å². The molecule has 0 heterocycles. The smallest absolute Gasteiger partial charge is 0.241 e. The van der Waals surface area contributed by atoms with Crippen LogP contribution in [0.1, 0.15) is 12.5 Å². The summed E-state index contributed by atoms with van der Waals surface area (Å²) in [7, 11) is 3.49. The van der Waals surface area contributed by atoms with Crippen LogP contribution in [0.15, 0.2) is 46.9 Å². The lowest BCUT2D eigenvalue weighted by Gasteiger charge is -2.24. The molecule has 0 aliphatic rings. The predicted molar refractivity (Wildman–Crippen MR) is 96.7 cm³/mol. The molecule has 0 saturated heterocycles. The van der Waals surface area contributed by atoms with Crippen LogP contribution in [0.5, 0.6) is 5.75 Å². The molecular formula is C18H20BrFN2O2. The molecule has 0 aliphatic carbocycles. The Morgan fingerprint density at radius 2 is 1.96 bits per heavy atom. The SMILES string of the molecule is COc1ccc(Br)cc1CN(C)[C@@H](C)C(=O)Nc1ccc(F)cc1. The van der Waals surface area contributed by atoms with E-state index in [4.69, 9.17) is 4.74 Å². The van der Waals surface area contributed by atoms with E-state index < -0.39 is 0 Å². The lowest BCUT2D eigenvalue weighted by molar-refractivity contribution is -0.120. The summed E-state index contributed by atoms with van der Waals surface area (Å²) in [5.41, 5.74) is 1.55. The number of hydrogen-bond donors (Lipinski definition) is 1. The first-order valence-corrected chi connectivity index (χ1v) is 8.29. The summed E-state index contributed by atoms with van der Waals surface area (Å²) < 4.78 is 19.2. The third kappa shape index (κ3) is 4.79. The van der Waals surface area contributed by atoms with Crippen molar-refractivity contribution in [1.82, 2.24) is 4.90 Å². The van der Waals surface area contributed by atoms with Crippen LogP contribution >= 0.6 is 15.9 Å². The molecule has 2 rings (SSSR count). The van der Waals surface area contributed by atoms with Gasteiger partial charge in [-0.3, -0.25) is 9.69 Å². The van der Waals surface area contributed by atoms with Gasteiger partial charge in [0.1, 0.15) is 11.6 Å². The second-order valence-electron chi connectivity index (χ2n) is 5.54. The van der Waals surface area contributed by atoms with E-state index in [1.807, 2.05) is 37.1 Å². The van der Waals surface area contributed by atoms with E-state index in [0.29, 0.717) is 12.2 Å². The number of rotatable bonds is 6. The number of nitrogens with zero attached hydrogens (tertiary/aromatic N) is 1. The summed E-state index contributed by atoms with van der Waals surface area (Å²) in [5.74, 6) is 0.286. The maximum atomic E-state index is 12.9. The Balaban J connectivity index is 2.03. The van der Waals surface area contributed by atoms with Crippen LogP contribution in [0.2, 0.25) is 0 Å². The van der Waals surface area contributed by atoms with Crippen LogP contribution in [0.25, 0.3) is 0 Å². The Labute approximate surface area is 149 Å². The second kappa shape index (κ2) is 8.26. The van der Waals surface area contributed by atoms with Gasteiger partial charge in [-0.05, 0) is 56.4 Å². The van der Waals surface area contributed by atoms with Gasteiger partial charge in [-0.2, -0.15) is 0 Å². The molecular weight excluding hydrogens is 375 g/mol. The van der Waals surface area contributed by atoms with Crippen molar-refractivity contribution in [3.63, 3.8) is 0 Å². The van der Waals surface area contributed by atoms with Gasteiger partial charge >= 0.3 is 0 Å². The van der Waals surface area contributed by atoms with Crippen molar-refractivity contribution in [2.45, 2.75) is 19.5 Å². The minimum Gasteiger partial charge on any atom is -0.496 e. The zero-order chi connectivity index (χ0) is 17.7. The molecule has 0 bridgehead atoms. The number of carbonyl (C=O) groups excluding carboxylic acids is 1. The molecule has 1 atom stereocenters. The third-order valence-electron chi connectivity index (χ3n) is 3.81. The highest BCUT2D eigenvalue weighted by molar-refractivity contribution is 9.10. The van der Waals surface area contributed by atoms with Crippen molar-refractivity contribution in [3.8, 4) is 5.75 Å². The molecule has 2 aromatic carbocycles. The van der Waals surface area contributed by atoms with Gasteiger partial charge < -0.3 is 10.1 Å². The third-order valence-corrected chi connectivity index (χ3v) is 4.31. The molecule has 0 radical (unpaired) electrons. The number of hydrogen-bond acceptors (Lipinski definition) is 3. The molecule has 0 aliphatic heterocycles. The first-order valence-electron chi connectivity index (χ1n) is 7.50. The van der Waals surface area contributed by atoms with Crippen molar-refractivity contribution in [2.75, 3.05) is 19.5 Å². The quantitative estimate of drug-likeness (QED) is 0.802. The molecule has 1 amide bonds. The summed E-state index contributed by atoms with van der Waals surface area (Å²) in [6.45, 7) is 2.38. The highest BCUT2D eigenvalue weighted by Crippen LogP contribution is 2.24. The summed E-state index contributed by atoms with van der Waals surface area (Å²) in [5, 5.41) is 2.79. The number of carbonyl (C=O) groups is 1. The van der Waals surface area contributed by atoms with E-state index in [9.17, 15) is 9.18 Å². The minimum absolute atomic E-state index is 0.155. The lowest BCUT2D eigenvalue weighted by atomic mass is 10.1. The fourth-order valence-electron chi connectivity index (χ4n) is 2.26. The van der Waals surface area contributed by atoms with Crippen LogP contribution in [0, 0.1) is 5.82 Å². The van der Waals surface area contributed by atoms with Crippen LogP contribution in [-0.2, 0) is 11.3 Å². The maximum Gasteiger partial charge on any atom is 0.241 e. The van der Waals surface area contributed by atoms with Crippen molar-refractivity contribution >= 4 is 27.5 Å². The minimum atomic E-state index is -0.362. The van der Waals surface area contributed by atoms with Crippen LogP contribution in [0.3, 0.4) is 0 Å².